The Bertz CT molecular complexity index is 835. The minimum atomic E-state index is -0.183. The zero-order valence-corrected chi connectivity index (χ0v) is 14.4. The lowest BCUT2D eigenvalue weighted by atomic mass is 10.0. The van der Waals surface area contributed by atoms with Gasteiger partial charge in [0.1, 0.15) is 5.75 Å². The van der Waals surface area contributed by atoms with Gasteiger partial charge in [-0.1, -0.05) is 42.5 Å². The number of hydrogen-bond acceptors (Lipinski definition) is 4. The molecule has 26 heavy (non-hydrogen) atoms. The molecule has 130 valence electrons. The summed E-state index contributed by atoms with van der Waals surface area (Å²) in [5.74, 6) is 0.578. The van der Waals surface area contributed by atoms with Crippen molar-refractivity contribution < 1.29 is 9.53 Å². The van der Waals surface area contributed by atoms with E-state index in [1.54, 1.807) is 19.5 Å². The summed E-state index contributed by atoms with van der Waals surface area (Å²) >= 11 is 0. The van der Waals surface area contributed by atoms with Crippen LogP contribution in [0.1, 0.15) is 16.7 Å². The molecule has 0 fully saturated rings. The van der Waals surface area contributed by atoms with Crippen LogP contribution in [0.25, 0.3) is 0 Å². The van der Waals surface area contributed by atoms with Crippen molar-refractivity contribution in [1.82, 2.24) is 10.4 Å². The fourth-order valence-electron chi connectivity index (χ4n) is 2.49. The van der Waals surface area contributed by atoms with Crippen molar-refractivity contribution >= 4 is 11.6 Å². The predicted octanol–water partition coefficient (Wildman–Crippen LogP) is 3.20. The van der Waals surface area contributed by atoms with Crippen LogP contribution in [0.5, 0.6) is 5.75 Å². The molecule has 1 N–H and O–H groups in total. The van der Waals surface area contributed by atoms with Gasteiger partial charge < -0.3 is 4.74 Å². The second-order valence-electron chi connectivity index (χ2n) is 5.62. The zero-order valence-electron chi connectivity index (χ0n) is 14.4. The van der Waals surface area contributed by atoms with Gasteiger partial charge >= 0.3 is 0 Å². The number of benzene rings is 2. The summed E-state index contributed by atoms with van der Waals surface area (Å²) in [5, 5.41) is 4.36. The van der Waals surface area contributed by atoms with Crippen molar-refractivity contribution in [2.75, 3.05) is 7.11 Å². The van der Waals surface area contributed by atoms with Gasteiger partial charge in [-0.05, 0) is 29.8 Å². The van der Waals surface area contributed by atoms with E-state index in [0.29, 0.717) is 5.71 Å². The molecule has 1 aromatic heterocycles. The number of ether oxygens (including phenoxy) is 1. The van der Waals surface area contributed by atoms with E-state index in [1.165, 1.54) is 0 Å². The Kier molecular flexibility index (Phi) is 5.72. The van der Waals surface area contributed by atoms with Crippen LogP contribution in [0, 0.1) is 0 Å². The van der Waals surface area contributed by atoms with Gasteiger partial charge in [0.05, 0.1) is 19.2 Å². The Morgan fingerprint density at radius 1 is 0.962 bits per heavy atom. The highest BCUT2D eigenvalue weighted by molar-refractivity contribution is 6.13. The van der Waals surface area contributed by atoms with Crippen molar-refractivity contribution in [3.8, 4) is 5.75 Å². The summed E-state index contributed by atoms with van der Waals surface area (Å²) < 4.78 is 5.12. The van der Waals surface area contributed by atoms with Crippen LogP contribution >= 0.6 is 0 Å². The lowest BCUT2D eigenvalue weighted by Gasteiger charge is -2.08. The maximum absolute atomic E-state index is 12.3. The molecule has 5 heteroatoms. The van der Waals surface area contributed by atoms with Gasteiger partial charge in [0.2, 0.25) is 5.91 Å². The maximum atomic E-state index is 12.3. The minimum absolute atomic E-state index is 0.183. The molecular formula is C21H19N3O2. The molecule has 0 atom stereocenters. The zero-order chi connectivity index (χ0) is 18.2. The molecule has 0 bridgehead atoms. The summed E-state index contributed by atoms with van der Waals surface area (Å²) in [6.07, 6.45) is 3.64. The summed E-state index contributed by atoms with van der Waals surface area (Å²) in [4.78, 5) is 16.3. The van der Waals surface area contributed by atoms with Gasteiger partial charge in [-0.15, -0.1) is 0 Å². The average molecular weight is 345 g/mol. The molecule has 1 heterocycles. The van der Waals surface area contributed by atoms with Crippen molar-refractivity contribution in [3.63, 3.8) is 0 Å². The summed E-state index contributed by atoms with van der Waals surface area (Å²) in [7, 11) is 1.61. The summed E-state index contributed by atoms with van der Waals surface area (Å²) in [6.45, 7) is 0. The topological polar surface area (TPSA) is 63.6 Å². The molecule has 0 unspecified atom stereocenters. The van der Waals surface area contributed by atoms with Crippen LogP contribution in [0.3, 0.4) is 0 Å². The Labute approximate surface area is 152 Å². The van der Waals surface area contributed by atoms with Gasteiger partial charge in [0.15, 0.2) is 0 Å². The molecule has 2 aromatic carbocycles. The fraction of sp³-hybridized carbons (Fsp3) is 0.0952. The number of pyridine rings is 1. The number of rotatable bonds is 6. The van der Waals surface area contributed by atoms with Crippen LogP contribution < -0.4 is 10.2 Å². The van der Waals surface area contributed by atoms with Crippen molar-refractivity contribution in [2.24, 2.45) is 5.10 Å². The number of amides is 1. The number of nitrogens with one attached hydrogen (secondary N) is 1. The summed E-state index contributed by atoms with van der Waals surface area (Å²) in [5.41, 5.74) is 6.04. The van der Waals surface area contributed by atoms with Gasteiger partial charge in [-0.2, -0.15) is 5.10 Å². The van der Waals surface area contributed by atoms with E-state index >= 15 is 0 Å². The SMILES string of the molecule is COc1ccc(CC(=O)N/N=C(\c2ccccc2)c2ccncc2)cc1. The molecule has 1 amide bonds. The number of methoxy groups -OCH3 is 1. The molecule has 3 aromatic rings. The van der Waals surface area contributed by atoms with E-state index in [1.807, 2.05) is 66.7 Å². The van der Waals surface area contributed by atoms with Gasteiger partial charge in [-0.25, -0.2) is 5.43 Å². The number of nitrogens with zero attached hydrogens (tertiary/aromatic N) is 2. The van der Waals surface area contributed by atoms with Crippen LogP contribution in [-0.4, -0.2) is 23.7 Å². The minimum Gasteiger partial charge on any atom is -0.497 e. The normalized spacial score (nSPS) is 11.0. The van der Waals surface area contributed by atoms with Crippen molar-refractivity contribution in [1.29, 1.82) is 0 Å². The predicted molar refractivity (Wildman–Crippen MR) is 101 cm³/mol. The first kappa shape index (κ1) is 17.4. The monoisotopic (exact) mass is 345 g/mol. The highest BCUT2D eigenvalue weighted by atomic mass is 16.5. The number of aromatic nitrogens is 1. The van der Waals surface area contributed by atoms with Gasteiger partial charge in [0.25, 0.3) is 0 Å². The first-order valence-electron chi connectivity index (χ1n) is 8.21. The third kappa shape index (κ3) is 4.54. The second kappa shape index (κ2) is 8.58. The van der Waals surface area contributed by atoms with Crippen LogP contribution in [0.2, 0.25) is 0 Å². The van der Waals surface area contributed by atoms with E-state index < -0.39 is 0 Å². The smallest absolute Gasteiger partial charge is 0.244 e. The van der Waals surface area contributed by atoms with Crippen LogP contribution in [-0.2, 0) is 11.2 Å². The Morgan fingerprint density at radius 3 is 2.27 bits per heavy atom. The quantitative estimate of drug-likeness (QED) is 0.551. The van der Waals surface area contributed by atoms with E-state index in [0.717, 1.165) is 22.4 Å². The fourth-order valence-corrected chi connectivity index (χ4v) is 2.49. The Hall–Kier alpha value is -3.47. The average Bonchev–Trinajstić information content (AvgIpc) is 2.70. The highest BCUT2D eigenvalue weighted by Gasteiger charge is 2.08. The Balaban J connectivity index is 1.76. The van der Waals surface area contributed by atoms with Gasteiger partial charge in [-0.3, -0.25) is 9.78 Å². The van der Waals surface area contributed by atoms with Gasteiger partial charge in [0, 0.05) is 23.5 Å². The first-order valence-corrected chi connectivity index (χ1v) is 8.21. The number of hydrazone groups is 1. The lowest BCUT2D eigenvalue weighted by molar-refractivity contribution is -0.120. The molecule has 0 radical (unpaired) electrons. The molecule has 5 nitrogen and oxygen atoms in total. The highest BCUT2D eigenvalue weighted by Crippen LogP contribution is 2.12. The van der Waals surface area contributed by atoms with Crippen LogP contribution in [0.15, 0.2) is 84.2 Å². The Morgan fingerprint density at radius 2 is 1.62 bits per heavy atom. The largest absolute Gasteiger partial charge is 0.497 e. The number of hydrogen-bond donors (Lipinski definition) is 1. The maximum Gasteiger partial charge on any atom is 0.244 e. The number of carbonyl (C=O) groups excluding carboxylic acids is 1. The standard InChI is InChI=1S/C21H19N3O2/c1-26-19-9-7-16(8-10-19)15-20(25)23-24-21(17-5-3-2-4-6-17)18-11-13-22-14-12-18/h2-14H,15H2,1H3,(H,23,25)/b24-21+. The molecule has 0 saturated heterocycles. The van der Waals surface area contributed by atoms with Crippen LogP contribution in [0.4, 0.5) is 0 Å². The van der Waals surface area contributed by atoms with E-state index in [2.05, 4.69) is 15.5 Å². The molecule has 0 aliphatic carbocycles. The molecule has 0 spiro atoms. The van der Waals surface area contributed by atoms with Crippen molar-refractivity contribution in [2.45, 2.75) is 6.42 Å². The van der Waals surface area contributed by atoms with E-state index in [4.69, 9.17) is 4.74 Å². The molecule has 0 aliphatic rings. The van der Waals surface area contributed by atoms with E-state index in [9.17, 15) is 4.79 Å². The second-order valence-corrected chi connectivity index (χ2v) is 5.62. The molecular weight excluding hydrogens is 326 g/mol. The molecule has 0 saturated carbocycles. The first-order chi connectivity index (χ1) is 12.8. The molecule has 3 rings (SSSR count). The number of carbonyl (C=O) groups is 1. The summed E-state index contributed by atoms with van der Waals surface area (Å²) in [6, 6.07) is 20.8. The van der Waals surface area contributed by atoms with E-state index in [-0.39, 0.29) is 12.3 Å². The third-order valence-corrected chi connectivity index (χ3v) is 3.82. The third-order valence-electron chi connectivity index (χ3n) is 3.82. The lowest BCUT2D eigenvalue weighted by Crippen LogP contribution is -2.22. The molecule has 0 aliphatic heterocycles. The van der Waals surface area contributed by atoms with Crippen molar-refractivity contribution in [3.05, 3.63) is 95.8 Å².